The number of nitrogens with zero attached hydrogens (tertiary/aromatic N) is 6. The fourth-order valence-electron chi connectivity index (χ4n) is 12.1. The molecule has 17 heteroatoms. The van der Waals surface area contributed by atoms with Crippen molar-refractivity contribution in [3.63, 3.8) is 0 Å². The molecule has 0 radical (unpaired) electrons. The van der Waals surface area contributed by atoms with Crippen LogP contribution in [0.4, 0.5) is 11.4 Å². The van der Waals surface area contributed by atoms with Gasteiger partial charge in [-0.3, -0.25) is 24.6 Å². The Labute approximate surface area is 683 Å². The minimum atomic E-state index is -1.41. The number of para-hydroxylation sites is 2. The van der Waals surface area contributed by atoms with Gasteiger partial charge in [-0.15, -0.1) is 11.4 Å². The number of amides is 2. The summed E-state index contributed by atoms with van der Waals surface area (Å²) in [6.07, 6.45) is 9.25. The second-order valence-electron chi connectivity index (χ2n) is 27.1. The molecule has 2 amide bonds. The number of carbonyl (C=O) groups is 5. The first-order chi connectivity index (χ1) is 52.4. The number of benzene rings is 9. The zero-order chi connectivity index (χ0) is 76.8. The van der Waals surface area contributed by atoms with Crippen LogP contribution in [0.25, 0.3) is 10.6 Å². The second-order valence-corrected chi connectivity index (χ2v) is 28.2. The number of hydrogen-bond acceptors (Lipinski definition) is 9. The van der Waals surface area contributed by atoms with Crippen LogP contribution in [0.3, 0.4) is 0 Å². The van der Waals surface area contributed by atoms with E-state index in [2.05, 4.69) is 108 Å². The molecule has 0 aromatic heterocycles. The standard InChI is InChI=1S/C39H39N3O3.C28H29N3O3.C15H18O2.C11H11I.2Ni/c1-39(38(44)45,27-15-5-10-19-30-17-6-2-7-18-30)41-36(32-22-11-4-12-23-32)33-24-13-14-25-34(33)40-37(43)35-26-16-28-42(35)29-31-20-8-3-9-21-31;1-20(28(33)34)29-26(22-13-6-3-7-14-22)23-15-8-9-16-24(23)30-27(32)25-17-10-18-31(25)19-21-11-4-2-5-12-21;1-15(2,14(16)17)12-8-4-7-11-13-9-5-3-6-10-13;12-10-6-2-5-9-11-7-3-1-4-8-11;;/h2-4,6-9,11-14,17-18,20-25,35H,5,15-16,26-29H2,1H3,(H2,40,41,43,44,45);2-9,11-16,20,25H,10,17-19H2,1H3,(H2,29,30,32,33,34);3,5-6,9-10H,4,8,12H2,1-2H3,(H,16,17);1,3-4,7-8H,2,6,10H2;;/q;;;;2*+2/p-2/t35?,39-;20-,25?;;;;/m11..../s1. The van der Waals surface area contributed by atoms with E-state index in [4.69, 9.17) is 10.1 Å². The maximum Gasteiger partial charge on any atom is 2.00 e. The van der Waals surface area contributed by atoms with E-state index in [9.17, 15) is 34.2 Å². The number of unbranched alkanes of at least 4 members (excludes halogenated alkanes) is 3. The SMILES string of the molecule is CC(C)(CCCC#Cc1ccccc1)C(=O)O.C[C@@H](N=C(c1ccccc1)c1ccccc1[N-]C(=O)C1CCCN1Cc1ccccc1)C(=O)O.C[C@](CCCC#Cc1ccccc1)(N=C(c1ccccc1)c1ccccc1[N-]C(=O)C1CCCN1Cc1ccccc1)C(=O)O.ICCCC#Cc1ccccc1.[Ni+2].[Ni+2]. The van der Waals surface area contributed by atoms with E-state index in [-0.39, 0.29) is 56.9 Å². The van der Waals surface area contributed by atoms with Crippen molar-refractivity contribution in [3.05, 3.63) is 322 Å². The van der Waals surface area contributed by atoms with Crippen LogP contribution in [-0.4, -0.2) is 107 Å². The van der Waals surface area contributed by atoms with Gasteiger partial charge in [0.2, 0.25) is 0 Å². The number of carboxylic acid groups (broad SMARTS) is 3. The Morgan fingerprint density at radius 2 is 0.809 bits per heavy atom. The molecule has 0 aliphatic carbocycles. The van der Waals surface area contributed by atoms with Crippen LogP contribution in [0, 0.1) is 40.9 Å². The molecule has 0 spiro atoms. The van der Waals surface area contributed by atoms with Gasteiger partial charge in [-0.25, -0.2) is 9.59 Å². The number of carbonyl (C=O) groups excluding carboxylic acids is 2. The Morgan fingerprint density at radius 1 is 0.464 bits per heavy atom. The van der Waals surface area contributed by atoms with Crippen LogP contribution in [0.5, 0.6) is 0 Å². The van der Waals surface area contributed by atoms with Gasteiger partial charge in [0, 0.05) is 64.6 Å². The van der Waals surface area contributed by atoms with Gasteiger partial charge in [0.05, 0.1) is 40.7 Å². The molecule has 2 unspecified atom stereocenters. The molecule has 2 aliphatic rings. The largest absolute Gasteiger partial charge is 2.00 e. The van der Waals surface area contributed by atoms with Gasteiger partial charge in [0.1, 0.15) is 6.04 Å². The molecule has 9 aromatic rings. The van der Waals surface area contributed by atoms with E-state index in [1.807, 2.05) is 224 Å². The third kappa shape index (κ3) is 29.4. The van der Waals surface area contributed by atoms with E-state index in [1.54, 1.807) is 32.9 Å². The maximum atomic E-state index is 13.7. The Kier molecular flexibility index (Phi) is 38.6. The fraction of sp³-hybridized carbons (Fsp3) is 0.280. The topological polar surface area (TPSA) is 205 Å². The van der Waals surface area contributed by atoms with Crippen molar-refractivity contribution in [2.24, 2.45) is 15.4 Å². The molecule has 14 nitrogen and oxygen atoms in total. The van der Waals surface area contributed by atoms with Crippen molar-refractivity contribution in [2.75, 3.05) is 17.5 Å². The summed E-state index contributed by atoms with van der Waals surface area (Å²) in [6, 6.07) is 82.0. The predicted octanol–water partition coefficient (Wildman–Crippen LogP) is 19.5. The van der Waals surface area contributed by atoms with Gasteiger partial charge in [0.25, 0.3) is 0 Å². The van der Waals surface area contributed by atoms with Gasteiger partial charge < -0.3 is 35.5 Å². The van der Waals surface area contributed by atoms with Gasteiger partial charge in [-0.2, -0.15) is 0 Å². The number of likely N-dealkylation sites (tertiary alicyclic amines) is 2. The summed E-state index contributed by atoms with van der Waals surface area (Å²) >= 11 is 2.37. The van der Waals surface area contributed by atoms with Gasteiger partial charge in [-0.1, -0.05) is 283 Å². The number of alkyl halides is 1. The minimum absolute atomic E-state index is 0. The normalized spacial score (nSPS) is 14.6. The first kappa shape index (κ1) is 88.9. The van der Waals surface area contributed by atoms with Crippen molar-refractivity contribution in [1.29, 1.82) is 0 Å². The van der Waals surface area contributed by atoms with E-state index >= 15 is 0 Å². The molecule has 9 aromatic carbocycles. The number of aliphatic imine (C=N–C) groups is 2. The molecule has 3 N–H and O–H groups in total. The van der Waals surface area contributed by atoms with Crippen LogP contribution >= 0.6 is 22.6 Å². The van der Waals surface area contributed by atoms with Crippen LogP contribution < -0.4 is 0 Å². The molecule has 110 heavy (non-hydrogen) atoms. The zero-order valence-electron chi connectivity index (χ0n) is 62.7. The summed E-state index contributed by atoms with van der Waals surface area (Å²) in [5.41, 5.74) is 8.12. The molecule has 570 valence electrons. The number of aliphatic carboxylic acids is 3. The first-order valence-electron chi connectivity index (χ1n) is 36.8. The molecule has 4 atom stereocenters. The Balaban J connectivity index is 0.000000254. The van der Waals surface area contributed by atoms with Gasteiger partial charge in [-0.05, 0) is 157 Å². The summed E-state index contributed by atoms with van der Waals surface area (Å²) in [6.45, 7) is 9.78. The molecular weight excluding hydrogens is 1570 g/mol. The maximum absolute atomic E-state index is 13.7. The Morgan fingerprint density at radius 3 is 1.19 bits per heavy atom. The molecule has 2 saturated heterocycles. The third-order valence-corrected chi connectivity index (χ3v) is 19.0. The Bertz CT molecular complexity index is 4600. The van der Waals surface area contributed by atoms with Crippen LogP contribution in [0.15, 0.2) is 271 Å². The first-order valence-corrected chi connectivity index (χ1v) is 38.4. The smallest absolute Gasteiger partial charge is 0.625 e. The number of carboxylic acids is 3. The van der Waals surface area contributed by atoms with Crippen molar-refractivity contribution < 1.29 is 72.3 Å². The summed E-state index contributed by atoms with van der Waals surface area (Å²) < 4.78 is 1.20. The van der Waals surface area contributed by atoms with Crippen molar-refractivity contribution >= 4 is 75.1 Å². The molecular formula is C93H95IN6Ni2O8+2. The van der Waals surface area contributed by atoms with Crippen LogP contribution in [-0.2, 0) is 70.0 Å². The van der Waals surface area contributed by atoms with E-state index in [0.717, 1.165) is 91.4 Å². The summed E-state index contributed by atoms with van der Waals surface area (Å²) in [5, 5.41) is 37.9. The predicted molar refractivity (Wildman–Crippen MR) is 443 cm³/mol. The van der Waals surface area contributed by atoms with Crippen LogP contribution in [0.1, 0.15) is 155 Å². The van der Waals surface area contributed by atoms with Gasteiger partial charge >= 0.3 is 50.9 Å². The number of rotatable bonds is 25. The zero-order valence-corrected chi connectivity index (χ0v) is 66.8. The van der Waals surface area contributed by atoms with Crippen molar-refractivity contribution in [2.45, 2.75) is 141 Å². The van der Waals surface area contributed by atoms with Gasteiger partial charge in [0.15, 0.2) is 5.54 Å². The average molecular weight is 1670 g/mol. The Hall–Kier alpha value is -10.0. The molecule has 2 heterocycles. The minimum Gasteiger partial charge on any atom is -0.625 e. The number of halogens is 1. The summed E-state index contributed by atoms with van der Waals surface area (Å²) in [7, 11) is 0. The number of hydrogen-bond donors (Lipinski definition) is 3. The van der Waals surface area contributed by atoms with E-state index in [0.29, 0.717) is 72.7 Å². The molecule has 2 fully saturated rings. The summed E-state index contributed by atoms with van der Waals surface area (Å²) in [5.74, 6) is 15.6. The fourth-order valence-corrected chi connectivity index (χ4v) is 12.5. The average Bonchev–Trinajstić information content (AvgIpc) is 0.999. The van der Waals surface area contributed by atoms with Crippen LogP contribution in [0.2, 0.25) is 0 Å². The van der Waals surface area contributed by atoms with E-state index < -0.39 is 34.9 Å². The monoisotopic (exact) mass is 1670 g/mol. The molecule has 0 saturated carbocycles. The van der Waals surface area contributed by atoms with Crippen molar-refractivity contribution in [1.82, 2.24) is 9.80 Å². The van der Waals surface area contributed by atoms with E-state index in [1.165, 1.54) is 23.3 Å². The third-order valence-electron chi connectivity index (χ3n) is 18.2. The van der Waals surface area contributed by atoms with Crippen molar-refractivity contribution in [3.8, 4) is 35.5 Å². The molecule has 2 aliphatic heterocycles. The second kappa shape index (κ2) is 47.8. The summed E-state index contributed by atoms with van der Waals surface area (Å²) in [4.78, 5) is 75.9. The molecule has 11 rings (SSSR count). The quantitative estimate of drug-likeness (QED) is 0.0123. The molecule has 0 bridgehead atoms.